The summed E-state index contributed by atoms with van der Waals surface area (Å²) in [6.07, 6.45) is 6.90. The largest absolute Gasteiger partial charge is 0.477 e. The number of aromatic nitrogens is 3. The van der Waals surface area contributed by atoms with Crippen LogP contribution in [0, 0.1) is 12.3 Å². The maximum Gasteiger partial charge on any atom is 0.231 e. The van der Waals surface area contributed by atoms with E-state index in [1.54, 1.807) is 16.8 Å². The monoisotopic (exact) mass is 187 g/mol. The molecule has 14 heavy (non-hydrogen) atoms. The molecular formula is C10H9N3O. The summed E-state index contributed by atoms with van der Waals surface area (Å²) in [5, 5.41) is 4.19. The summed E-state index contributed by atoms with van der Waals surface area (Å²) in [7, 11) is 0. The Morgan fingerprint density at radius 1 is 1.57 bits per heavy atom. The average molecular weight is 187 g/mol. The molecule has 0 unspecified atom stereocenters. The van der Waals surface area contributed by atoms with Gasteiger partial charge in [0.25, 0.3) is 0 Å². The maximum atomic E-state index is 5.29. The van der Waals surface area contributed by atoms with E-state index < -0.39 is 0 Å². The average Bonchev–Trinajstić information content (AvgIpc) is 2.60. The van der Waals surface area contributed by atoms with Gasteiger partial charge in [0.05, 0.1) is 12.8 Å². The Morgan fingerprint density at radius 2 is 2.43 bits per heavy atom. The summed E-state index contributed by atoms with van der Waals surface area (Å²) in [5.74, 6) is 3.05. The van der Waals surface area contributed by atoms with Crippen LogP contribution < -0.4 is 4.74 Å². The van der Waals surface area contributed by atoms with Gasteiger partial charge in [-0.2, -0.15) is 0 Å². The molecule has 0 aliphatic carbocycles. The number of nitrogens with zero attached hydrogens (tertiary/aromatic N) is 3. The van der Waals surface area contributed by atoms with Gasteiger partial charge in [0.15, 0.2) is 5.65 Å². The van der Waals surface area contributed by atoms with Gasteiger partial charge in [-0.3, -0.25) is 0 Å². The van der Waals surface area contributed by atoms with Gasteiger partial charge in [0.2, 0.25) is 5.88 Å². The molecule has 0 amide bonds. The van der Waals surface area contributed by atoms with Crippen LogP contribution in [0.25, 0.3) is 5.65 Å². The van der Waals surface area contributed by atoms with Crippen molar-refractivity contribution in [1.82, 2.24) is 14.6 Å². The molecule has 0 spiro atoms. The van der Waals surface area contributed by atoms with Gasteiger partial charge in [0.1, 0.15) is 5.69 Å². The zero-order valence-electron chi connectivity index (χ0n) is 7.77. The van der Waals surface area contributed by atoms with Crippen molar-refractivity contribution in [2.24, 2.45) is 0 Å². The van der Waals surface area contributed by atoms with Gasteiger partial charge in [0, 0.05) is 6.07 Å². The maximum absolute atomic E-state index is 5.29. The molecule has 0 aliphatic heterocycles. The fourth-order valence-corrected chi connectivity index (χ4v) is 1.18. The lowest BCUT2D eigenvalue weighted by Crippen LogP contribution is -2.00. The molecule has 0 N–H and O–H groups in total. The van der Waals surface area contributed by atoms with E-state index in [0.717, 1.165) is 5.65 Å². The second-order valence-corrected chi connectivity index (χ2v) is 2.66. The predicted octanol–water partition coefficient (Wildman–Crippen LogP) is 1.11. The quantitative estimate of drug-likeness (QED) is 0.661. The number of rotatable bonds is 2. The normalized spacial score (nSPS) is 10.0. The van der Waals surface area contributed by atoms with E-state index in [1.807, 2.05) is 13.0 Å². The Bertz CT molecular complexity index is 496. The van der Waals surface area contributed by atoms with Crippen molar-refractivity contribution in [3.63, 3.8) is 0 Å². The molecular weight excluding hydrogens is 178 g/mol. The van der Waals surface area contributed by atoms with E-state index in [1.165, 1.54) is 0 Å². The van der Waals surface area contributed by atoms with Gasteiger partial charge >= 0.3 is 0 Å². The molecule has 0 saturated carbocycles. The Morgan fingerprint density at radius 3 is 3.14 bits per heavy atom. The summed E-state index contributed by atoms with van der Waals surface area (Å²) in [4.78, 5) is 4.09. The molecule has 0 fully saturated rings. The SMILES string of the molecule is C#Cc1cnc2ccc(OCC)nn12. The van der Waals surface area contributed by atoms with Crippen LogP contribution in [0.5, 0.6) is 5.88 Å². The van der Waals surface area contributed by atoms with Crippen LogP contribution in [0.15, 0.2) is 18.3 Å². The molecule has 4 heteroatoms. The smallest absolute Gasteiger partial charge is 0.231 e. The molecule has 2 aromatic rings. The lowest BCUT2D eigenvalue weighted by Gasteiger charge is -2.01. The van der Waals surface area contributed by atoms with Gasteiger partial charge in [-0.15, -0.1) is 11.5 Å². The van der Waals surface area contributed by atoms with Crippen LogP contribution in [0.4, 0.5) is 0 Å². The zero-order chi connectivity index (χ0) is 9.97. The molecule has 2 aromatic heterocycles. The van der Waals surface area contributed by atoms with E-state index in [2.05, 4.69) is 16.0 Å². The molecule has 0 aliphatic rings. The van der Waals surface area contributed by atoms with Crippen LogP contribution in [0.2, 0.25) is 0 Å². The van der Waals surface area contributed by atoms with Gasteiger partial charge < -0.3 is 4.74 Å². The zero-order valence-corrected chi connectivity index (χ0v) is 7.77. The van der Waals surface area contributed by atoms with E-state index >= 15 is 0 Å². The molecule has 0 saturated heterocycles. The highest BCUT2D eigenvalue weighted by atomic mass is 16.5. The lowest BCUT2D eigenvalue weighted by molar-refractivity contribution is 0.321. The van der Waals surface area contributed by atoms with Crippen LogP contribution >= 0.6 is 0 Å². The summed E-state index contributed by atoms with van der Waals surface area (Å²) < 4.78 is 6.84. The number of hydrogen-bond donors (Lipinski definition) is 0. The number of fused-ring (bicyclic) bond motifs is 1. The Labute approximate surface area is 81.5 Å². The van der Waals surface area contributed by atoms with Crippen molar-refractivity contribution >= 4 is 5.65 Å². The van der Waals surface area contributed by atoms with Crippen LogP contribution in [0.1, 0.15) is 12.6 Å². The Kier molecular flexibility index (Phi) is 2.07. The van der Waals surface area contributed by atoms with Crippen LogP contribution in [-0.2, 0) is 0 Å². The number of ether oxygens (including phenoxy) is 1. The molecule has 0 aromatic carbocycles. The van der Waals surface area contributed by atoms with Gasteiger partial charge in [-0.25, -0.2) is 9.50 Å². The van der Waals surface area contributed by atoms with Crippen molar-refractivity contribution in [3.05, 3.63) is 24.0 Å². The molecule has 0 atom stereocenters. The predicted molar refractivity (Wildman–Crippen MR) is 52.1 cm³/mol. The van der Waals surface area contributed by atoms with E-state index in [0.29, 0.717) is 18.2 Å². The first-order valence-corrected chi connectivity index (χ1v) is 4.29. The van der Waals surface area contributed by atoms with Crippen molar-refractivity contribution in [2.45, 2.75) is 6.92 Å². The third-order valence-electron chi connectivity index (χ3n) is 1.78. The van der Waals surface area contributed by atoms with Crippen LogP contribution in [0.3, 0.4) is 0 Å². The summed E-state index contributed by atoms with van der Waals surface area (Å²) in [6, 6.07) is 3.59. The fraction of sp³-hybridized carbons (Fsp3) is 0.200. The summed E-state index contributed by atoms with van der Waals surface area (Å²) in [6.45, 7) is 2.49. The fourth-order valence-electron chi connectivity index (χ4n) is 1.18. The minimum Gasteiger partial charge on any atom is -0.477 e. The second-order valence-electron chi connectivity index (χ2n) is 2.66. The highest BCUT2D eigenvalue weighted by Crippen LogP contribution is 2.09. The van der Waals surface area contributed by atoms with Crippen molar-refractivity contribution in [2.75, 3.05) is 6.61 Å². The van der Waals surface area contributed by atoms with Crippen LogP contribution in [-0.4, -0.2) is 21.2 Å². The number of imidazole rings is 1. The second kappa shape index (κ2) is 3.38. The Balaban J connectivity index is 2.57. The first kappa shape index (κ1) is 8.57. The summed E-state index contributed by atoms with van der Waals surface area (Å²) >= 11 is 0. The standard InChI is InChI=1S/C10H9N3O/c1-3-8-7-11-9-5-6-10(14-4-2)12-13(8)9/h1,5-7H,4H2,2H3. The molecule has 2 heterocycles. The molecule has 70 valence electrons. The third kappa shape index (κ3) is 1.29. The topological polar surface area (TPSA) is 39.4 Å². The highest BCUT2D eigenvalue weighted by molar-refractivity contribution is 5.43. The Hall–Kier alpha value is -2.02. The molecule has 0 radical (unpaired) electrons. The highest BCUT2D eigenvalue weighted by Gasteiger charge is 2.02. The first-order chi connectivity index (χ1) is 6.85. The molecule has 4 nitrogen and oxygen atoms in total. The third-order valence-corrected chi connectivity index (χ3v) is 1.78. The van der Waals surface area contributed by atoms with E-state index in [-0.39, 0.29) is 0 Å². The van der Waals surface area contributed by atoms with Crippen molar-refractivity contribution in [1.29, 1.82) is 0 Å². The lowest BCUT2D eigenvalue weighted by atomic mass is 10.5. The summed E-state index contributed by atoms with van der Waals surface area (Å²) in [5.41, 5.74) is 1.35. The van der Waals surface area contributed by atoms with E-state index in [4.69, 9.17) is 11.2 Å². The minimum absolute atomic E-state index is 0.550. The minimum atomic E-state index is 0.550. The first-order valence-electron chi connectivity index (χ1n) is 4.29. The number of terminal acetylenes is 1. The van der Waals surface area contributed by atoms with E-state index in [9.17, 15) is 0 Å². The van der Waals surface area contributed by atoms with Gasteiger partial charge in [-0.05, 0) is 18.9 Å². The van der Waals surface area contributed by atoms with Gasteiger partial charge in [-0.1, -0.05) is 0 Å². The van der Waals surface area contributed by atoms with Crippen molar-refractivity contribution < 1.29 is 4.74 Å². The molecule has 0 bridgehead atoms. The molecule has 2 rings (SSSR count). The number of hydrogen-bond acceptors (Lipinski definition) is 3. The van der Waals surface area contributed by atoms with Crippen molar-refractivity contribution in [3.8, 4) is 18.2 Å².